The standard InChI is InChI=1S/C15H21N3O4/c1-3-21-13(22-4-2)10-18-14(11-7-5-6-8-16-11)17-9-12(19)15(18)20/h5-9,13-14,17,19H,3-4,10H2,1-2H3. The molecule has 1 amide bonds. The monoisotopic (exact) mass is 307 g/mol. The van der Waals surface area contributed by atoms with E-state index in [1.165, 1.54) is 11.1 Å². The summed E-state index contributed by atoms with van der Waals surface area (Å²) < 4.78 is 11.0. The summed E-state index contributed by atoms with van der Waals surface area (Å²) in [5, 5.41) is 12.7. The second-order valence-electron chi connectivity index (χ2n) is 4.65. The van der Waals surface area contributed by atoms with Gasteiger partial charge in [0.15, 0.2) is 12.0 Å². The minimum Gasteiger partial charge on any atom is -0.502 e. The third kappa shape index (κ3) is 3.75. The quantitative estimate of drug-likeness (QED) is 0.739. The summed E-state index contributed by atoms with van der Waals surface area (Å²) in [6, 6.07) is 5.45. The van der Waals surface area contributed by atoms with Crippen LogP contribution in [0.2, 0.25) is 0 Å². The summed E-state index contributed by atoms with van der Waals surface area (Å²) in [6.07, 6.45) is 1.90. The summed E-state index contributed by atoms with van der Waals surface area (Å²) in [7, 11) is 0. The predicted octanol–water partition coefficient (Wildman–Crippen LogP) is 1.31. The maximum absolute atomic E-state index is 12.3. The Balaban J connectivity index is 2.22. The molecule has 2 heterocycles. The van der Waals surface area contributed by atoms with E-state index in [0.717, 1.165) is 0 Å². The third-order valence-electron chi connectivity index (χ3n) is 3.19. The van der Waals surface area contributed by atoms with Gasteiger partial charge in [-0.25, -0.2) is 0 Å². The molecule has 120 valence electrons. The van der Waals surface area contributed by atoms with Crippen LogP contribution >= 0.6 is 0 Å². The number of hydrogen-bond acceptors (Lipinski definition) is 6. The molecular formula is C15H21N3O4. The highest BCUT2D eigenvalue weighted by Gasteiger charge is 2.33. The maximum atomic E-state index is 12.3. The highest BCUT2D eigenvalue weighted by molar-refractivity contribution is 5.92. The van der Waals surface area contributed by atoms with Crippen molar-refractivity contribution in [2.75, 3.05) is 19.8 Å². The van der Waals surface area contributed by atoms with Gasteiger partial charge in [-0.15, -0.1) is 0 Å². The first-order valence-corrected chi connectivity index (χ1v) is 7.27. The molecule has 1 aromatic rings. The van der Waals surface area contributed by atoms with E-state index in [1.807, 2.05) is 26.0 Å². The molecule has 7 nitrogen and oxygen atoms in total. The van der Waals surface area contributed by atoms with Crippen molar-refractivity contribution in [2.24, 2.45) is 0 Å². The summed E-state index contributed by atoms with van der Waals surface area (Å²) >= 11 is 0. The zero-order valence-electron chi connectivity index (χ0n) is 12.7. The molecule has 1 aliphatic heterocycles. The van der Waals surface area contributed by atoms with Crippen molar-refractivity contribution in [2.45, 2.75) is 26.3 Å². The molecule has 0 spiro atoms. The second kappa shape index (κ2) is 7.77. The lowest BCUT2D eigenvalue weighted by molar-refractivity contribution is -0.164. The van der Waals surface area contributed by atoms with Gasteiger partial charge in [0.25, 0.3) is 5.91 Å². The molecule has 1 unspecified atom stereocenters. The lowest BCUT2D eigenvalue weighted by Gasteiger charge is -2.36. The van der Waals surface area contributed by atoms with Gasteiger partial charge in [0.1, 0.15) is 6.17 Å². The second-order valence-corrected chi connectivity index (χ2v) is 4.65. The lowest BCUT2D eigenvalue weighted by Crippen LogP contribution is -2.49. The molecule has 0 fully saturated rings. The number of aromatic nitrogens is 1. The largest absolute Gasteiger partial charge is 0.502 e. The Kier molecular flexibility index (Phi) is 5.74. The number of rotatable bonds is 7. The lowest BCUT2D eigenvalue weighted by atomic mass is 10.2. The van der Waals surface area contributed by atoms with Crippen LogP contribution in [0.5, 0.6) is 0 Å². The zero-order chi connectivity index (χ0) is 15.9. The molecular weight excluding hydrogens is 286 g/mol. The Morgan fingerprint density at radius 2 is 2.09 bits per heavy atom. The molecule has 0 saturated heterocycles. The molecule has 1 aliphatic rings. The van der Waals surface area contributed by atoms with Gasteiger partial charge in [-0.1, -0.05) is 6.07 Å². The van der Waals surface area contributed by atoms with Gasteiger partial charge in [0, 0.05) is 25.6 Å². The molecule has 0 aromatic carbocycles. The Labute approximate surface area is 129 Å². The molecule has 0 radical (unpaired) electrons. The normalized spacial score (nSPS) is 18.3. The molecule has 2 N–H and O–H groups in total. The van der Waals surface area contributed by atoms with E-state index in [9.17, 15) is 9.90 Å². The van der Waals surface area contributed by atoms with Gasteiger partial charge in [0.05, 0.1) is 12.2 Å². The van der Waals surface area contributed by atoms with Crippen molar-refractivity contribution < 1.29 is 19.4 Å². The molecule has 0 aliphatic carbocycles. The number of hydrogen-bond donors (Lipinski definition) is 2. The van der Waals surface area contributed by atoms with Gasteiger partial charge in [0.2, 0.25) is 0 Å². The van der Waals surface area contributed by atoms with E-state index in [4.69, 9.17) is 9.47 Å². The van der Waals surface area contributed by atoms with Crippen LogP contribution in [-0.4, -0.2) is 46.9 Å². The molecule has 0 bridgehead atoms. The van der Waals surface area contributed by atoms with Crippen LogP contribution in [0.4, 0.5) is 0 Å². The van der Waals surface area contributed by atoms with Crippen molar-refractivity contribution in [1.82, 2.24) is 15.2 Å². The van der Waals surface area contributed by atoms with E-state index in [1.54, 1.807) is 12.3 Å². The molecule has 1 aromatic heterocycles. The molecule has 7 heteroatoms. The van der Waals surface area contributed by atoms with Crippen LogP contribution in [0.3, 0.4) is 0 Å². The number of ether oxygens (including phenoxy) is 2. The highest BCUT2D eigenvalue weighted by atomic mass is 16.7. The molecule has 22 heavy (non-hydrogen) atoms. The van der Waals surface area contributed by atoms with E-state index < -0.39 is 18.4 Å². The van der Waals surface area contributed by atoms with Crippen LogP contribution in [-0.2, 0) is 14.3 Å². The first-order chi connectivity index (χ1) is 10.7. The topological polar surface area (TPSA) is 83.9 Å². The average Bonchev–Trinajstić information content (AvgIpc) is 2.53. The van der Waals surface area contributed by atoms with E-state index in [0.29, 0.717) is 18.9 Å². The zero-order valence-corrected chi connectivity index (χ0v) is 12.7. The smallest absolute Gasteiger partial charge is 0.292 e. The van der Waals surface area contributed by atoms with Crippen LogP contribution in [0, 0.1) is 0 Å². The predicted molar refractivity (Wildman–Crippen MR) is 79.6 cm³/mol. The summed E-state index contributed by atoms with van der Waals surface area (Å²) in [5.41, 5.74) is 0.673. The summed E-state index contributed by atoms with van der Waals surface area (Å²) in [6.45, 7) is 4.84. The minimum atomic E-state index is -0.558. The van der Waals surface area contributed by atoms with Crippen LogP contribution < -0.4 is 5.32 Å². The Morgan fingerprint density at radius 1 is 1.36 bits per heavy atom. The van der Waals surface area contributed by atoms with Gasteiger partial charge in [-0.3, -0.25) is 9.78 Å². The van der Waals surface area contributed by atoms with Crippen LogP contribution in [0.25, 0.3) is 0 Å². The fraction of sp³-hybridized carbons (Fsp3) is 0.467. The number of nitrogens with zero attached hydrogens (tertiary/aromatic N) is 2. The van der Waals surface area contributed by atoms with Crippen molar-refractivity contribution in [3.8, 4) is 0 Å². The number of aliphatic hydroxyl groups is 1. The Hall–Kier alpha value is -2.12. The van der Waals surface area contributed by atoms with Crippen molar-refractivity contribution in [3.63, 3.8) is 0 Å². The number of aliphatic hydroxyl groups excluding tert-OH is 1. The number of nitrogens with one attached hydrogen (secondary N) is 1. The van der Waals surface area contributed by atoms with E-state index in [2.05, 4.69) is 10.3 Å². The van der Waals surface area contributed by atoms with Gasteiger partial charge < -0.3 is 24.8 Å². The molecule has 0 saturated carbocycles. The number of carbonyl (C=O) groups is 1. The van der Waals surface area contributed by atoms with Crippen molar-refractivity contribution >= 4 is 5.91 Å². The molecule has 2 rings (SSSR count). The fourth-order valence-corrected chi connectivity index (χ4v) is 2.23. The number of carbonyl (C=O) groups excluding carboxylic acids is 1. The SMILES string of the molecule is CCOC(CN1C(=O)C(O)=CNC1c1ccccn1)OCC. The first kappa shape index (κ1) is 16.3. The Morgan fingerprint density at radius 3 is 2.68 bits per heavy atom. The minimum absolute atomic E-state index is 0.187. The van der Waals surface area contributed by atoms with Crippen molar-refractivity contribution in [1.29, 1.82) is 0 Å². The number of amides is 1. The van der Waals surface area contributed by atoms with E-state index in [-0.39, 0.29) is 12.3 Å². The average molecular weight is 307 g/mol. The maximum Gasteiger partial charge on any atom is 0.292 e. The van der Waals surface area contributed by atoms with Gasteiger partial charge >= 0.3 is 0 Å². The van der Waals surface area contributed by atoms with Crippen molar-refractivity contribution in [3.05, 3.63) is 42.0 Å². The first-order valence-electron chi connectivity index (χ1n) is 7.27. The summed E-state index contributed by atoms with van der Waals surface area (Å²) in [4.78, 5) is 18.0. The Bertz CT molecular complexity index is 515. The van der Waals surface area contributed by atoms with Crippen LogP contribution in [0.15, 0.2) is 36.4 Å². The fourth-order valence-electron chi connectivity index (χ4n) is 2.23. The number of pyridine rings is 1. The highest BCUT2D eigenvalue weighted by Crippen LogP contribution is 2.22. The van der Waals surface area contributed by atoms with Crippen LogP contribution in [0.1, 0.15) is 25.7 Å². The third-order valence-corrected chi connectivity index (χ3v) is 3.19. The van der Waals surface area contributed by atoms with Gasteiger partial charge in [-0.2, -0.15) is 0 Å². The summed E-state index contributed by atoms with van der Waals surface area (Å²) in [5.74, 6) is -0.835. The van der Waals surface area contributed by atoms with Gasteiger partial charge in [-0.05, 0) is 26.0 Å². The molecule has 1 atom stereocenters. The van der Waals surface area contributed by atoms with E-state index >= 15 is 0 Å².